The fraction of sp³-hybridized carbons (Fsp3) is 0.533. The van der Waals surface area contributed by atoms with Gasteiger partial charge in [-0.1, -0.05) is 11.8 Å². The maximum Gasteiger partial charge on any atom is 0.161 e. The molecule has 0 aromatic heterocycles. The van der Waals surface area contributed by atoms with Gasteiger partial charge >= 0.3 is 0 Å². The smallest absolute Gasteiger partial charge is 0.161 e. The van der Waals surface area contributed by atoms with Gasteiger partial charge in [-0.2, -0.15) is 0 Å². The highest BCUT2D eigenvalue weighted by molar-refractivity contribution is 8.14. The van der Waals surface area contributed by atoms with E-state index in [-0.39, 0.29) is 0 Å². The Hall–Kier alpha value is -1.16. The minimum absolute atomic E-state index is 0.452. The number of anilines is 2. The van der Waals surface area contributed by atoms with Crippen molar-refractivity contribution in [2.45, 2.75) is 32.2 Å². The summed E-state index contributed by atoms with van der Waals surface area (Å²) in [5.41, 5.74) is 2.48. The van der Waals surface area contributed by atoms with Gasteiger partial charge in [0.1, 0.15) is 0 Å². The first-order valence-corrected chi connectivity index (χ1v) is 8.12. The molecule has 1 aromatic carbocycles. The molecule has 0 radical (unpaired) electrons. The zero-order chi connectivity index (χ0) is 13.1. The van der Waals surface area contributed by atoms with Crippen molar-refractivity contribution in [3.05, 3.63) is 24.3 Å². The van der Waals surface area contributed by atoms with E-state index in [4.69, 9.17) is 0 Å². The van der Waals surface area contributed by atoms with Crippen molar-refractivity contribution in [3.63, 3.8) is 0 Å². The Kier molecular flexibility index (Phi) is 3.97. The van der Waals surface area contributed by atoms with Gasteiger partial charge < -0.3 is 10.2 Å². The summed E-state index contributed by atoms with van der Waals surface area (Å²) in [6.45, 7) is 4.58. The maximum absolute atomic E-state index is 4.64. The average molecular weight is 275 g/mol. The Morgan fingerprint density at radius 1 is 1.21 bits per heavy atom. The molecule has 1 aromatic rings. The Bertz CT molecular complexity index is 449. The van der Waals surface area contributed by atoms with Gasteiger partial charge in [0.05, 0.1) is 6.04 Å². The number of benzene rings is 1. The molecule has 2 aliphatic rings. The summed E-state index contributed by atoms with van der Waals surface area (Å²) in [6.07, 6.45) is 3.83. The van der Waals surface area contributed by atoms with Crippen LogP contribution in [-0.2, 0) is 0 Å². The van der Waals surface area contributed by atoms with Gasteiger partial charge in [0.2, 0.25) is 0 Å². The molecular formula is C15H21N3S. The van der Waals surface area contributed by atoms with Crippen molar-refractivity contribution in [1.82, 2.24) is 0 Å². The summed E-state index contributed by atoms with van der Waals surface area (Å²) < 4.78 is 0. The lowest BCUT2D eigenvalue weighted by Crippen LogP contribution is -2.19. The Morgan fingerprint density at radius 3 is 2.63 bits per heavy atom. The first kappa shape index (κ1) is 12.9. The van der Waals surface area contributed by atoms with E-state index in [2.05, 4.69) is 46.4 Å². The highest BCUT2D eigenvalue weighted by atomic mass is 32.2. The standard InChI is InChI=1S/C15H21N3S/c1-12-8-11-19-15(16-12)17-13-4-6-14(7-5-13)18-9-2-3-10-18/h4-7,12H,2-3,8-11H2,1H3,(H,16,17). The van der Waals surface area contributed by atoms with Gasteiger partial charge in [-0.15, -0.1) is 0 Å². The number of hydrogen-bond acceptors (Lipinski definition) is 4. The van der Waals surface area contributed by atoms with Crippen LogP contribution in [0.1, 0.15) is 26.2 Å². The van der Waals surface area contributed by atoms with Crippen molar-refractivity contribution in [3.8, 4) is 0 Å². The molecule has 0 bridgehead atoms. The molecule has 1 N–H and O–H groups in total. The van der Waals surface area contributed by atoms with Crippen LogP contribution in [0.5, 0.6) is 0 Å². The van der Waals surface area contributed by atoms with E-state index in [0.717, 1.165) is 10.9 Å². The van der Waals surface area contributed by atoms with Gasteiger partial charge in [-0.05, 0) is 50.5 Å². The highest BCUT2D eigenvalue weighted by Gasteiger charge is 2.13. The molecule has 0 aliphatic carbocycles. The predicted molar refractivity (Wildman–Crippen MR) is 85.5 cm³/mol. The summed E-state index contributed by atoms with van der Waals surface area (Å²) in [5.74, 6) is 1.17. The fourth-order valence-corrected chi connectivity index (χ4v) is 3.65. The molecule has 2 aliphatic heterocycles. The van der Waals surface area contributed by atoms with E-state index in [1.807, 2.05) is 11.8 Å². The van der Waals surface area contributed by atoms with E-state index in [0.29, 0.717) is 6.04 Å². The van der Waals surface area contributed by atoms with Gasteiger partial charge in [0, 0.05) is 30.2 Å². The van der Waals surface area contributed by atoms with Crippen LogP contribution in [0.2, 0.25) is 0 Å². The van der Waals surface area contributed by atoms with Crippen LogP contribution >= 0.6 is 11.8 Å². The minimum atomic E-state index is 0.452. The normalized spacial score (nSPS) is 23.3. The zero-order valence-corrected chi connectivity index (χ0v) is 12.2. The van der Waals surface area contributed by atoms with Crippen LogP contribution < -0.4 is 10.2 Å². The SMILES string of the molecule is CC1CCSC(Nc2ccc(N3CCCC3)cc2)=N1. The largest absolute Gasteiger partial charge is 0.372 e. The lowest BCUT2D eigenvalue weighted by atomic mass is 10.2. The first-order chi connectivity index (χ1) is 9.31. The Morgan fingerprint density at radius 2 is 1.95 bits per heavy atom. The number of thioether (sulfide) groups is 1. The molecule has 2 heterocycles. The Balaban J connectivity index is 1.65. The Labute approximate surface area is 119 Å². The van der Waals surface area contributed by atoms with Crippen LogP contribution in [0.15, 0.2) is 29.3 Å². The van der Waals surface area contributed by atoms with Crippen LogP contribution in [0.25, 0.3) is 0 Å². The van der Waals surface area contributed by atoms with Crippen molar-refractivity contribution in [2.24, 2.45) is 4.99 Å². The van der Waals surface area contributed by atoms with E-state index >= 15 is 0 Å². The molecular weight excluding hydrogens is 254 g/mol. The summed E-state index contributed by atoms with van der Waals surface area (Å²) >= 11 is 1.82. The number of nitrogens with zero attached hydrogens (tertiary/aromatic N) is 2. The second kappa shape index (κ2) is 5.87. The van der Waals surface area contributed by atoms with Gasteiger partial charge in [-0.25, -0.2) is 0 Å². The molecule has 1 saturated heterocycles. The van der Waals surface area contributed by atoms with Crippen LogP contribution in [0.4, 0.5) is 11.4 Å². The molecule has 1 unspecified atom stereocenters. The van der Waals surface area contributed by atoms with Crippen LogP contribution in [0, 0.1) is 0 Å². The molecule has 0 saturated carbocycles. The lowest BCUT2D eigenvalue weighted by Gasteiger charge is -2.19. The van der Waals surface area contributed by atoms with Gasteiger partial charge in [0.15, 0.2) is 5.17 Å². The molecule has 1 fully saturated rings. The molecule has 3 nitrogen and oxygen atoms in total. The van der Waals surface area contributed by atoms with Gasteiger partial charge in [0.25, 0.3) is 0 Å². The van der Waals surface area contributed by atoms with Crippen LogP contribution in [0.3, 0.4) is 0 Å². The predicted octanol–water partition coefficient (Wildman–Crippen LogP) is 3.58. The highest BCUT2D eigenvalue weighted by Crippen LogP contribution is 2.24. The number of amidine groups is 1. The number of rotatable bonds is 2. The summed E-state index contributed by atoms with van der Waals surface area (Å²) in [5, 5.41) is 4.49. The maximum atomic E-state index is 4.64. The topological polar surface area (TPSA) is 27.6 Å². The van der Waals surface area contributed by atoms with Crippen molar-refractivity contribution < 1.29 is 0 Å². The molecule has 102 valence electrons. The third kappa shape index (κ3) is 3.24. The fourth-order valence-electron chi connectivity index (χ4n) is 2.55. The number of hydrogen-bond donors (Lipinski definition) is 1. The summed E-state index contributed by atoms with van der Waals surface area (Å²) in [6, 6.07) is 9.20. The molecule has 1 atom stereocenters. The molecule has 0 amide bonds. The van der Waals surface area contributed by atoms with Crippen molar-refractivity contribution in [1.29, 1.82) is 0 Å². The van der Waals surface area contributed by atoms with E-state index in [1.54, 1.807) is 0 Å². The molecule has 4 heteroatoms. The molecule has 19 heavy (non-hydrogen) atoms. The second-order valence-electron chi connectivity index (χ2n) is 5.29. The summed E-state index contributed by atoms with van der Waals surface area (Å²) in [7, 11) is 0. The van der Waals surface area contributed by atoms with Crippen LogP contribution in [-0.4, -0.2) is 30.1 Å². The zero-order valence-electron chi connectivity index (χ0n) is 11.4. The number of nitrogens with one attached hydrogen (secondary N) is 1. The lowest BCUT2D eigenvalue weighted by molar-refractivity contribution is 0.720. The van der Waals surface area contributed by atoms with Crippen molar-refractivity contribution in [2.75, 3.05) is 29.1 Å². The molecule has 3 rings (SSSR count). The third-order valence-electron chi connectivity index (χ3n) is 3.70. The second-order valence-corrected chi connectivity index (χ2v) is 6.37. The average Bonchev–Trinajstić information content (AvgIpc) is 2.94. The minimum Gasteiger partial charge on any atom is -0.372 e. The third-order valence-corrected chi connectivity index (χ3v) is 4.62. The van der Waals surface area contributed by atoms with E-state index in [1.165, 1.54) is 43.8 Å². The van der Waals surface area contributed by atoms with E-state index < -0.39 is 0 Å². The van der Waals surface area contributed by atoms with E-state index in [9.17, 15) is 0 Å². The quantitative estimate of drug-likeness (QED) is 0.894. The monoisotopic (exact) mass is 275 g/mol. The van der Waals surface area contributed by atoms with Crippen molar-refractivity contribution >= 4 is 28.3 Å². The van der Waals surface area contributed by atoms with Gasteiger partial charge in [-0.3, -0.25) is 4.99 Å². The number of aliphatic imine (C=N–C) groups is 1. The summed E-state index contributed by atoms with van der Waals surface area (Å²) in [4.78, 5) is 7.09. The first-order valence-electron chi connectivity index (χ1n) is 7.14. The molecule has 0 spiro atoms.